The van der Waals surface area contributed by atoms with Crippen LogP contribution < -0.4 is 0 Å². The van der Waals surface area contributed by atoms with Gasteiger partial charge < -0.3 is 0 Å². The molecule has 0 radical (unpaired) electrons. The predicted octanol–water partition coefficient (Wildman–Crippen LogP) is 3.05. The number of benzene rings is 1. The minimum absolute atomic E-state index is 0.280. The largest absolute Gasteiger partial charge is 0.207 e. The number of rotatable bonds is 1. The highest BCUT2D eigenvalue weighted by atomic mass is 19.1. The molecular weight excluding hydrogens is 203 g/mol. The maximum absolute atomic E-state index is 13.4. The van der Waals surface area contributed by atoms with E-state index >= 15 is 0 Å². The minimum atomic E-state index is -1.08. The van der Waals surface area contributed by atoms with Crippen LogP contribution in [-0.2, 0) is 5.41 Å². The number of nitrogens with zero attached hydrogens (tertiary/aromatic N) is 1. The summed E-state index contributed by atoms with van der Waals surface area (Å²) in [5.41, 5.74) is -1.36. The third-order valence-electron chi connectivity index (χ3n) is 2.91. The molecule has 0 aliphatic heterocycles. The topological polar surface area (TPSA) is 23.8 Å². The Hall–Kier alpha value is -1.50. The quantitative estimate of drug-likeness (QED) is 0.700. The fraction of sp³-hybridized carbons (Fsp3) is 0.364. The zero-order chi connectivity index (χ0) is 11.1. The molecule has 1 nitrogen and oxygen atoms in total. The summed E-state index contributed by atoms with van der Waals surface area (Å²) in [6.07, 6.45) is 1.63. The molecule has 2 rings (SSSR count). The Bertz CT molecular complexity index is 421. The SMILES string of the molecule is N#CC1(c2c(F)cc(F)cc2F)CCC1. The zero-order valence-electron chi connectivity index (χ0n) is 7.86. The third-order valence-corrected chi connectivity index (χ3v) is 2.91. The Labute approximate surface area is 85.1 Å². The van der Waals surface area contributed by atoms with Gasteiger partial charge in [0.2, 0.25) is 0 Å². The van der Waals surface area contributed by atoms with Crippen molar-refractivity contribution in [1.82, 2.24) is 0 Å². The lowest BCUT2D eigenvalue weighted by Gasteiger charge is -2.35. The number of nitriles is 1. The van der Waals surface area contributed by atoms with Gasteiger partial charge in [0.25, 0.3) is 0 Å². The van der Waals surface area contributed by atoms with Crippen LogP contribution in [0.1, 0.15) is 24.8 Å². The van der Waals surface area contributed by atoms with Gasteiger partial charge in [0.15, 0.2) is 0 Å². The van der Waals surface area contributed by atoms with Crippen LogP contribution in [0.2, 0.25) is 0 Å². The molecule has 15 heavy (non-hydrogen) atoms. The van der Waals surface area contributed by atoms with Crippen LogP contribution in [0.15, 0.2) is 12.1 Å². The van der Waals surface area contributed by atoms with E-state index in [4.69, 9.17) is 5.26 Å². The van der Waals surface area contributed by atoms with Gasteiger partial charge in [-0.05, 0) is 19.3 Å². The number of halogens is 3. The number of hydrogen-bond acceptors (Lipinski definition) is 1. The molecule has 0 N–H and O–H groups in total. The molecule has 4 heteroatoms. The second-order valence-electron chi connectivity index (χ2n) is 3.79. The van der Waals surface area contributed by atoms with E-state index in [-0.39, 0.29) is 5.56 Å². The van der Waals surface area contributed by atoms with E-state index in [0.717, 1.165) is 6.42 Å². The Morgan fingerprint density at radius 1 is 1.13 bits per heavy atom. The van der Waals surface area contributed by atoms with Crippen molar-refractivity contribution in [1.29, 1.82) is 5.26 Å². The van der Waals surface area contributed by atoms with Crippen LogP contribution in [0.3, 0.4) is 0 Å². The Morgan fingerprint density at radius 2 is 1.67 bits per heavy atom. The second kappa shape index (κ2) is 3.27. The van der Waals surface area contributed by atoms with Crippen molar-refractivity contribution in [2.45, 2.75) is 24.7 Å². The summed E-state index contributed by atoms with van der Waals surface area (Å²) in [4.78, 5) is 0. The summed E-state index contributed by atoms with van der Waals surface area (Å²) in [6, 6.07) is 3.17. The van der Waals surface area contributed by atoms with Crippen molar-refractivity contribution in [3.63, 3.8) is 0 Å². The molecule has 1 aliphatic carbocycles. The Balaban J connectivity index is 2.58. The first kappa shape index (κ1) is 10.0. The van der Waals surface area contributed by atoms with Crippen LogP contribution in [0.4, 0.5) is 13.2 Å². The van der Waals surface area contributed by atoms with Crippen molar-refractivity contribution < 1.29 is 13.2 Å². The van der Waals surface area contributed by atoms with Crippen molar-refractivity contribution in [3.05, 3.63) is 35.1 Å². The normalized spacial score (nSPS) is 18.0. The van der Waals surface area contributed by atoms with Gasteiger partial charge in [0.1, 0.15) is 17.5 Å². The summed E-state index contributed by atoms with van der Waals surface area (Å²) in [5, 5.41) is 8.93. The first-order chi connectivity index (χ1) is 7.09. The van der Waals surface area contributed by atoms with E-state index in [1.54, 1.807) is 0 Å². The van der Waals surface area contributed by atoms with E-state index in [2.05, 4.69) is 0 Å². The lowest BCUT2D eigenvalue weighted by Crippen LogP contribution is -2.34. The van der Waals surface area contributed by atoms with Gasteiger partial charge in [-0.1, -0.05) is 0 Å². The summed E-state index contributed by atoms with van der Waals surface area (Å²) in [7, 11) is 0. The average molecular weight is 211 g/mol. The summed E-state index contributed by atoms with van der Waals surface area (Å²) >= 11 is 0. The molecule has 0 spiro atoms. The molecule has 1 aromatic rings. The highest BCUT2D eigenvalue weighted by molar-refractivity contribution is 5.37. The summed E-state index contributed by atoms with van der Waals surface area (Å²) < 4.78 is 39.4. The van der Waals surface area contributed by atoms with Crippen LogP contribution in [-0.4, -0.2) is 0 Å². The van der Waals surface area contributed by atoms with E-state index in [0.29, 0.717) is 25.0 Å². The van der Waals surface area contributed by atoms with Gasteiger partial charge in [0.05, 0.1) is 11.5 Å². The standard InChI is InChI=1S/C11H8F3N/c12-7-4-8(13)10(9(14)5-7)11(6-15)2-1-3-11/h4-5H,1-3H2. The van der Waals surface area contributed by atoms with Crippen LogP contribution in [0, 0.1) is 28.8 Å². The van der Waals surface area contributed by atoms with Crippen LogP contribution in [0.25, 0.3) is 0 Å². The van der Waals surface area contributed by atoms with Gasteiger partial charge in [-0.15, -0.1) is 0 Å². The molecular formula is C11H8F3N. The average Bonchev–Trinajstić information content (AvgIpc) is 2.07. The van der Waals surface area contributed by atoms with Gasteiger partial charge in [-0.25, -0.2) is 13.2 Å². The van der Waals surface area contributed by atoms with E-state index in [1.165, 1.54) is 0 Å². The van der Waals surface area contributed by atoms with E-state index in [1.807, 2.05) is 6.07 Å². The first-order valence-electron chi connectivity index (χ1n) is 4.65. The molecule has 78 valence electrons. The van der Waals surface area contributed by atoms with Gasteiger partial charge >= 0.3 is 0 Å². The van der Waals surface area contributed by atoms with Crippen molar-refractivity contribution in [2.75, 3.05) is 0 Å². The molecule has 0 atom stereocenters. The monoisotopic (exact) mass is 211 g/mol. The zero-order valence-corrected chi connectivity index (χ0v) is 7.86. The molecule has 1 aliphatic rings. The van der Waals surface area contributed by atoms with Crippen LogP contribution >= 0.6 is 0 Å². The van der Waals surface area contributed by atoms with Crippen molar-refractivity contribution in [3.8, 4) is 6.07 Å². The Morgan fingerprint density at radius 3 is 2.00 bits per heavy atom. The lowest BCUT2D eigenvalue weighted by atomic mass is 9.65. The highest BCUT2D eigenvalue weighted by Crippen LogP contribution is 2.45. The maximum Gasteiger partial charge on any atom is 0.133 e. The molecule has 0 bridgehead atoms. The van der Waals surface area contributed by atoms with Crippen LogP contribution in [0.5, 0.6) is 0 Å². The van der Waals surface area contributed by atoms with E-state index in [9.17, 15) is 13.2 Å². The fourth-order valence-electron chi connectivity index (χ4n) is 1.95. The van der Waals surface area contributed by atoms with Gasteiger partial charge in [-0.3, -0.25) is 0 Å². The molecule has 0 saturated heterocycles. The molecule has 1 saturated carbocycles. The highest BCUT2D eigenvalue weighted by Gasteiger charge is 2.43. The van der Waals surface area contributed by atoms with Gasteiger partial charge in [0, 0.05) is 17.7 Å². The smallest absolute Gasteiger partial charge is 0.133 e. The Kier molecular flexibility index (Phi) is 2.18. The molecule has 0 unspecified atom stereocenters. The fourth-order valence-corrected chi connectivity index (χ4v) is 1.95. The molecule has 1 aromatic carbocycles. The lowest BCUT2D eigenvalue weighted by molar-refractivity contribution is 0.300. The second-order valence-corrected chi connectivity index (χ2v) is 3.79. The first-order valence-corrected chi connectivity index (χ1v) is 4.65. The van der Waals surface area contributed by atoms with Gasteiger partial charge in [-0.2, -0.15) is 5.26 Å². The van der Waals surface area contributed by atoms with Crippen molar-refractivity contribution in [2.24, 2.45) is 0 Å². The predicted molar refractivity (Wildman–Crippen MR) is 47.5 cm³/mol. The molecule has 0 aromatic heterocycles. The minimum Gasteiger partial charge on any atom is -0.207 e. The third kappa shape index (κ3) is 1.39. The maximum atomic E-state index is 13.4. The van der Waals surface area contributed by atoms with E-state index < -0.39 is 22.9 Å². The molecule has 0 amide bonds. The molecule has 0 heterocycles. The summed E-state index contributed by atoms with van der Waals surface area (Å²) in [5.74, 6) is -2.89. The molecule has 1 fully saturated rings. The summed E-state index contributed by atoms with van der Waals surface area (Å²) in [6.45, 7) is 0. The number of hydrogen-bond donors (Lipinski definition) is 0. The van der Waals surface area contributed by atoms with Crippen molar-refractivity contribution >= 4 is 0 Å².